The van der Waals surface area contributed by atoms with Crippen molar-refractivity contribution in [1.82, 2.24) is 5.16 Å². The lowest BCUT2D eigenvalue weighted by molar-refractivity contribution is -0.177. The lowest BCUT2D eigenvalue weighted by atomic mass is 10.1. The molecular weight excluding hydrogens is 320 g/mol. The fourth-order valence-corrected chi connectivity index (χ4v) is 2.60. The van der Waals surface area contributed by atoms with Crippen molar-refractivity contribution in [3.05, 3.63) is 18.0 Å². The molecule has 130 valence electrons. The zero-order chi connectivity index (χ0) is 16.8. The van der Waals surface area contributed by atoms with Gasteiger partial charge in [-0.1, -0.05) is 9.55 Å². The van der Waals surface area contributed by atoms with Crippen LogP contribution in [0.15, 0.2) is 21.3 Å². The van der Waals surface area contributed by atoms with Crippen LogP contribution in [-0.2, 0) is 31.4 Å². The molecule has 0 N–H and O–H groups in total. The Balaban J connectivity index is 1.68. The van der Waals surface area contributed by atoms with Gasteiger partial charge >= 0.3 is 0 Å². The Kier molecular flexibility index (Phi) is 6.60. The number of hydrogen-bond acceptors (Lipinski definition) is 7. The first-order valence-electron chi connectivity index (χ1n) is 7.65. The van der Waals surface area contributed by atoms with E-state index >= 15 is 0 Å². The Morgan fingerprint density at radius 2 is 2.17 bits per heavy atom. The molecule has 0 aliphatic carbocycles. The molecule has 23 heavy (non-hydrogen) atoms. The molecule has 0 amide bonds. The molecule has 1 saturated heterocycles. The number of hydrogen-bond donors (Lipinski definition) is 0. The summed E-state index contributed by atoms with van der Waals surface area (Å²) >= 11 is -1.24. The lowest BCUT2D eigenvalue weighted by Gasteiger charge is -2.24. The van der Waals surface area contributed by atoms with Crippen LogP contribution < -0.4 is 0 Å². The van der Waals surface area contributed by atoms with Gasteiger partial charge in [-0.15, -0.1) is 0 Å². The van der Waals surface area contributed by atoms with Crippen LogP contribution in [0, 0.1) is 0 Å². The van der Waals surface area contributed by atoms with Crippen LogP contribution >= 0.6 is 0 Å². The molecule has 0 bridgehead atoms. The predicted octanol–water partition coefficient (Wildman–Crippen LogP) is 2.20. The minimum Gasteiger partial charge on any atom is -0.591 e. The second-order valence-corrected chi connectivity index (χ2v) is 8.10. The Labute approximate surface area is 139 Å². The van der Waals surface area contributed by atoms with E-state index in [4.69, 9.17) is 18.7 Å². The molecule has 0 aromatic carbocycles. The third-order valence-corrected chi connectivity index (χ3v) is 4.65. The van der Waals surface area contributed by atoms with E-state index in [1.807, 2.05) is 20.8 Å². The third-order valence-electron chi connectivity index (χ3n) is 3.26. The molecule has 1 aromatic heterocycles. The Morgan fingerprint density at radius 1 is 1.43 bits per heavy atom. The standard InChI is InChI=1S/C15H24N2O5S/c1-14(2,3)23(18)16-7-10-19-8-4-6-15(20-11-12-21-15)13-5-9-22-17-13/h5,7,9H,4,6,8,10-12H2,1-3H3. The highest BCUT2D eigenvalue weighted by Gasteiger charge is 2.40. The van der Waals surface area contributed by atoms with Crippen molar-refractivity contribution >= 4 is 17.6 Å². The lowest BCUT2D eigenvalue weighted by Crippen LogP contribution is -2.28. The van der Waals surface area contributed by atoms with E-state index in [9.17, 15) is 4.55 Å². The number of aromatic nitrogens is 1. The van der Waals surface area contributed by atoms with E-state index in [0.717, 1.165) is 6.42 Å². The van der Waals surface area contributed by atoms with Gasteiger partial charge in [-0.2, -0.15) is 0 Å². The number of ether oxygens (including phenoxy) is 3. The first-order chi connectivity index (χ1) is 10.9. The van der Waals surface area contributed by atoms with E-state index in [-0.39, 0.29) is 4.75 Å². The van der Waals surface area contributed by atoms with Gasteiger partial charge in [0.15, 0.2) is 0 Å². The molecule has 8 heteroatoms. The largest absolute Gasteiger partial charge is 0.591 e. The van der Waals surface area contributed by atoms with Gasteiger partial charge in [-0.3, -0.25) is 0 Å². The second kappa shape index (κ2) is 8.25. The quantitative estimate of drug-likeness (QED) is 0.408. The normalized spacial score (nSPS) is 19.5. The van der Waals surface area contributed by atoms with Crippen LogP contribution in [0.3, 0.4) is 0 Å². The third kappa shape index (κ3) is 5.29. The number of rotatable bonds is 8. The van der Waals surface area contributed by atoms with Gasteiger partial charge in [-0.05, 0) is 27.2 Å². The molecule has 2 heterocycles. The molecule has 0 spiro atoms. The SMILES string of the molecule is CC(C)(C)[S+]([O-])N=CCOCCCC1(c2ccon2)OCCO1. The molecule has 1 fully saturated rings. The van der Waals surface area contributed by atoms with E-state index in [2.05, 4.69) is 9.55 Å². The van der Waals surface area contributed by atoms with Crippen LogP contribution in [0.1, 0.15) is 39.3 Å². The van der Waals surface area contributed by atoms with E-state index in [1.165, 1.54) is 6.26 Å². The molecule has 1 aliphatic rings. The Hall–Kier alpha value is -0.930. The van der Waals surface area contributed by atoms with Crippen LogP contribution in [0.5, 0.6) is 0 Å². The van der Waals surface area contributed by atoms with Gasteiger partial charge in [0.25, 0.3) is 0 Å². The summed E-state index contributed by atoms with van der Waals surface area (Å²) in [7, 11) is 0. The molecule has 7 nitrogen and oxygen atoms in total. The van der Waals surface area contributed by atoms with Gasteiger partial charge in [0, 0.05) is 19.1 Å². The van der Waals surface area contributed by atoms with Crippen LogP contribution in [-0.4, -0.2) is 47.1 Å². The monoisotopic (exact) mass is 344 g/mol. The minimum atomic E-state index is -1.24. The number of nitrogens with zero attached hydrogens (tertiary/aromatic N) is 2. The summed E-state index contributed by atoms with van der Waals surface area (Å²) in [6.45, 7) is 7.59. The van der Waals surface area contributed by atoms with Crippen molar-refractivity contribution in [2.24, 2.45) is 4.40 Å². The van der Waals surface area contributed by atoms with Crippen LogP contribution in [0.2, 0.25) is 0 Å². The summed E-state index contributed by atoms with van der Waals surface area (Å²) in [6, 6.07) is 1.75. The Morgan fingerprint density at radius 3 is 2.78 bits per heavy atom. The maximum Gasteiger partial charge on any atom is 0.215 e. The van der Waals surface area contributed by atoms with Crippen LogP contribution in [0.4, 0.5) is 0 Å². The van der Waals surface area contributed by atoms with E-state index in [0.29, 0.717) is 38.5 Å². The van der Waals surface area contributed by atoms with Crippen molar-refractivity contribution in [3.8, 4) is 0 Å². The first-order valence-corrected chi connectivity index (χ1v) is 8.76. The van der Waals surface area contributed by atoms with E-state index < -0.39 is 17.1 Å². The average molecular weight is 344 g/mol. The molecule has 0 radical (unpaired) electrons. The summed E-state index contributed by atoms with van der Waals surface area (Å²) in [4.78, 5) is 0. The average Bonchev–Trinajstić information content (AvgIpc) is 3.17. The maximum atomic E-state index is 11.7. The molecular formula is C15H24N2O5S. The summed E-state index contributed by atoms with van der Waals surface area (Å²) in [5.74, 6) is -0.821. The van der Waals surface area contributed by atoms with Crippen molar-refractivity contribution in [3.63, 3.8) is 0 Å². The van der Waals surface area contributed by atoms with Gasteiger partial charge in [-0.25, -0.2) is 0 Å². The van der Waals surface area contributed by atoms with E-state index in [1.54, 1.807) is 12.3 Å². The minimum absolute atomic E-state index is 0.334. The fraction of sp³-hybridized carbons (Fsp3) is 0.733. The first kappa shape index (κ1) is 18.4. The zero-order valence-corrected chi connectivity index (χ0v) is 14.6. The molecule has 1 aliphatic heterocycles. The summed E-state index contributed by atoms with van der Waals surface area (Å²) in [5.41, 5.74) is 0.650. The maximum absolute atomic E-state index is 11.7. The summed E-state index contributed by atoms with van der Waals surface area (Å²) < 4.78 is 37.1. The topological polar surface area (TPSA) is 89.1 Å². The molecule has 0 saturated carbocycles. The van der Waals surface area contributed by atoms with Crippen molar-refractivity contribution in [1.29, 1.82) is 0 Å². The second-order valence-electron chi connectivity index (χ2n) is 6.16. The highest BCUT2D eigenvalue weighted by Crippen LogP contribution is 2.34. The van der Waals surface area contributed by atoms with Crippen LogP contribution in [0.25, 0.3) is 0 Å². The van der Waals surface area contributed by atoms with Crippen molar-refractivity contribution < 1.29 is 23.3 Å². The van der Waals surface area contributed by atoms with Gasteiger partial charge in [0.1, 0.15) is 28.1 Å². The molecule has 2 rings (SSSR count). The fourth-order valence-electron chi connectivity index (χ4n) is 2.08. The smallest absolute Gasteiger partial charge is 0.215 e. The van der Waals surface area contributed by atoms with Crippen molar-refractivity contribution in [2.45, 2.75) is 44.1 Å². The van der Waals surface area contributed by atoms with Gasteiger partial charge in [0.2, 0.25) is 5.79 Å². The van der Waals surface area contributed by atoms with Gasteiger partial charge in [0.05, 0.1) is 26.0 Å². The molecule has 1 aromatic rings. The highest BCUT2D eigenvalue weighted by atomic mass is 32.2. The summed E-state index contributed by atoms with van der Waals surface area (Å²) in [6.07, 6.45) is 4.43. The summed E-state index contributed by atoms with van der Waals surface area (Å²) in [5, 5.41) is 3.92. The van der Waals surface area contributed by atoms with Crippen molar-refractivity contribution in [2.75, 3.05) is 26.4 Å². The zero-order valence-electron chi connectivity index (χ0n) is 13.8. The predicted molar refractivity (Wildman–Crippen MR) is 86.5 cm³/mol. The Bertz CT molecular complexity index is 481. The highest BCUT2D eigenvalue weighted by molar-refractivity contribution is 7.91. The van der Waals surface area contributed by atoms with Gasteiger partial charge < -0.3 is 23.3 Å². The molecule has 1 atom stereocenters. The molecule has 1 unspecified atom stereocenters.